The standard InChI is InChI=1S/C67H55NO2/c1-37-21-24-43(38(2)31-37)42(32-39-22-25-45-51(34-39)65(3,4)53-36-49(41-27-29-68-30-28-41)63-58(56(45)53)47-16-10-13-19-54(47)69-63)33-40-23-26-46-52(35-40)67(7,8)61-57(46)59-48-17-11-14-20-55(48)70-64(59)60-44-15-9-12-18-50(44)66(5,6)62(60)61/h9-31,34-36,42H,32-33H2,1-8H3. The number of fused-ring (bicyclic) bond motifs is 19. The fourth-order valence-corrected chi connectivity index (χ4v) is 13.9. The predicted octanol–water partition coefficient (Wildman–Crippen LogP) is 17.7. The zero-order valence-corrected chi connectivity index (χ0v) is 41.3. The van der Waals surface area contributed by atoms with Crippen LogP contribution >= 0.6 is 0 Å². The molecule has 0 fully saturated rings. The summed E-state index contributed by atoms with van der Waals surface area (Å²) in [5, 5.41) is 4.81. The van der Waals surface area contributed by atoms with Crippen LogP contribution in [0.15, 0.2) is 167 Å². The second kappa shape index (κ2) is 14.3. The third-order valence-corrected chi connectivity index (χ3v) is 17.1. The highest BCUT2D eigenvalue weighted by atomic mass is 16.3. The number of hydrogen-bond donors (Lipinski definition) is 0. The molecule has 0 saturated carbocycles. The second-order valence-electron chi connectivity index (χ2n) is 22.3. The van der Waals surface area contributed by atoms with Gasteiger partial charge in [0.05, 0.1) is 0 Å². The van der Waals surface area contributed by atoms with Crippen LogP contribution in [0.3, 0.4) is 0 Å². The van der Waals surface area contributed by atoms with Crippen LogP contribution in [0.1, 0.15) is 109 Å². The summed E-state index contributed by atoms with van der Waals surface area (Å²) in [5.74, 6) is 0.264. The Hall–Kier alpha value is -7.49. The molecule has 0 aliphatic heterocycles. The van der Waals surface area contributed by atoms with Gasteiger partial charge in [0.2, 0.25) is 0 Å². The van der Waals surface area contributed by atoms with E-state index in [-0.39, 0.29) is 22.2 Å². The van der Waals surface area contributed by atoms with E-state index in [9.17, 15) is 0 Å². The van der Waals surface area contributed by atoms with E-state index in [2.05, 4.69) is 206 Å². The first-order chi connectivity index (χ1) is 33.8. The van der Waals surface area contributed by atoms with Gasteiger partial charge in [-0.3, -0.25) is 4.98 Å². The van der Waals surface area contributed by atoms with Gasteiger partial charge in [-0.1, -0.05) is 162 Å². The summed E-state index contributed by atoms with van der Waals surface area (Å²) in [5.41, 5.74) is 28.5. The van der Waals surface area contributed by atoms with E-state index < -0.39 is 0 Å². The van der Waals surface area contributed by atoms with Gasteiger partial charge in [-0.15, -0.1) is 0 Å². The van der Waals surface area contributed by atoms with Gasteiger partial charge >= 0.3 is 0 Å². The molecule has 1 unspecified atom stereocenters. The number of para-hydroxylation sites is 2. The zero-order valence-electron chi connectivity index (χ0n) is 41.3. The number of hydrogen-bond acceptors (Lipinski definition) is 3. The molecule has 0 amide bonds. The van der Waals surface area contributed by atoms with E-state index in [1.807, 2.05) is 12.4 Å². The molecule has 11 aromatic rings. The SMILES string of the molecule is Cc1ccc(C(Cc2ccc3c(c2)C(C)(C)c2cc(-c4ccncc4)c4oc5ccccc5c4c2-3)Cc2ccc3c(c2)C(C)(C)c2c4c(c5oc6ccccc6c5c2-3)-c2ccccc2C4(C)C)c(C)c1. The Labute approximate surface area is 409 Å². The molecule has 3 heterocycles. The monoisotopic (exact) mass is 905 g/mol. The smallest absolute Gasteiger partial charge is 0.144 e. The Morgan fingerprint density at radius 3 is 1.70 bits per heavy atom. The first-order valence-electron chi connectivity index (χ1n) is 25.2. The van der Waals surface area contributed by atoms with Crippen molar-refractivity contribution in [2.45, 2.75) is 90.4 Å². The van der Waals surface area contributed by atoms with Crippen LogP contribution in [0, 0.1) is 13.8 Å². The van der Waals surface area contributed by atoms with E-state index >= 15 is 0 Å². The maximum atomic E-state index is 6.96. The number of rotatable bonds is 6. The number of aromatic nitrogens is 1. The third kappa shape index (κ3) is 5.55. The number of furan rings is 2. The van der Waals surface area contributed by atoms with Crippen molar-refractivity contribution in [1.29, 1.82) is 0 Å². The molecule has 8 aromatic carbocycles. The zero-order chi connectivity index (χ0) is 47.6. The van der Waals surface area contributed by atoms with Crippen LogP contribution in [-0.4, -0.2) is 4.98 Å². The Balaban J connectivity index is 0.895. The van der Waals surface area contributed by atoms with Crippen LogP contribution in [0.25, 0.3) is 88.4 Å². The highest BCUT2D eigenvalue weighted by Crippen LogP contribution is 2.63. The van der Waals surface area contributed by atoms with Crippen LogP contribution in [0.4, 0.5) is 0 Å². The molecule has 0 bridgehead atoms. The molecule has 70 heavy (non-hydrogen) atoms. The lowest BCUT2D eigenvalue weighted by Crippen LogP contribution is -2.24. The van der Waals surface area contributed by atoms with Crippen molar-refractivity contribution >= 4 is 43.9 Å². The molecule has 3 heteroatoms. The highest BCUT2D eigenvalue weighted by Gasteiger charge is 2.48. The van der Waals surface area contributed by atoms with E-state index in [1.165, 1.54) is 111 Å². The molecular weight excluding hydrogens is 851 g/mol. The van der Waals surface area contributed by atoms with Gasteiger partial charge in [0, 0.05) is 61.3 Å². The van der Waals surface area contributed by atoms with Crippen molar-refractivity contribution in [2.75, 3.05) is 0 Å². The van der Waals surface area contributed by atoms with E-state index in [4.69, 9.17) is 8.83 Å². The van der Waals surface area contributed by atoms with Crippen LogP contribution in [-0.2, 0) is 29.1 Å². The fourth-order valence-electron chi connectivity index (χ4n) is 13.9. The molecular formula is C67H55NO2. The largest absolute Gasteiger partial charge is 0.455 e. The van der Waals surface area contributed by atoms with Crippen LogP contribution < -0.4 is 0 Å². The molecule has 3 aromatic heterocycles. The molecule has 0 saturated heterocycles. The van der Waals surface area contributed by atoms with Gasteiger partial charge in [-0.2, -0.15) is 0 Å². The molecule has 3 aliphatic carbocycles. The number of aryl methyl sites for hydroxylation is 2. The van der Waals surface area contributed by atoms with Gasteiger partial charge in [0.25, 0.3) is 0 Å². The molecule has 14 rings (SSSR count). The molecule has 3 nitrogen and oxygen atoms in total. The lowest BCUT2D eigenvalue weighted by molar-refractivity contribution is 0.598. The first-order valence-corrected chi connectivity index (χ1v) is 25.2. The predicted molar refractivity (Wildman–Crippen MR) is 289 cm³/mol. The molecule has 0 spiro atoms. The minimum atomic E-state index is -0.241. The fraction of sp³-hybridized carbons (Fsp3) is 0.209. The van der Waals surface area contributed by atoms with Crippen molar-refractivity contribution in [3.8, 4) is 44.5 Å². The van der Waals surface area contributed by atoms with Crippen molar-refractivity contribution in [1.82, 2.24) is 4.98 Å². The summed E-state index contributed by atoms with van der Waals surface area (Å²) < 4.78 is 13.7. The summed E-state index contributed by atoms with van der Waals surface area (Å²) in [6, 6.07) is 54.7. The minimum absolute atomic E-state index is 0.189. The Bertz CT molecular complexity index is 4060. The summed E-state index contributed by atoms with van der Waals surface area (Å²) in [6.45, 7) is 19.1. The molecule has 340 valence electrons. The number of nitrogens with zero attached hydrogens (tertiary/aromatic N) is 1. The molecule has 3 aliphatic rings. The van der Waals surface area contributed by atoms with Crippen LogP contribution in [0.5, 0.6) is 0 Å². The topological polar surface area (TPSA) is 39.2 Å². The summed E-state index contributed by atoms with van der Waals surface area (Å²) in [7, 11) is 0. The maximum absolute atomic E-state index is 6.96. The maximum Gasteiger partial charge on any atom is 0.144 e. The van der Waals surface area contributed by atoms with Crippen molar-refractivity contribution in [2.24, 2.45) is 0 Å². The second-order valence-corrected chi connectivity index (χ2v) is 22.3. The van der Waals surface area contributed by atoms with E-state index in [0.29, 0.717) is 0 Å². The number of pyridine rings is 1. The first kappa shape index (κ1) is 41.5. The van der Waals surface area contributed by atoms with Gasteiger partial charge in [-0.25, -0.2) is 0 Å². The van der Waals surface area contributed by atoms with E-state index in [1.54, 1.807) is 0 Å². The number of benzene rings is 8. The van der Waals surface area contributed by atoms with Crippen molar-refractivity contribution in [3.63, 3.8) is 0 Å². The van der Waals surface area contributed by atoms with Crippen molar-refractivity contribution in [3.05, 3.63) is 219 Å². The van der Waals surface area contributed by atoms with Gasteiger partial charge in [-0.05, 0) is 152 Å². The van der Waals surface area contributed by atoms with Gasteiger partial charge < -0.3 is 8.83 Å². The lowest BCUT2D eigenvalue weighted by Gasteiger charge is -2.31. The van der Waals surface area contributed by atoms with Crippen LogP contribution in [0.2, 0.25) is 0 Å². The van der Waals surface area contributed by atoms with E-state index in [0.717, 1.165) is 51.7 Å². The Morgan fingerprint density at radius 2 is 1.01 bits per heavy atom. The third-order valence-electron chi connectivity index (χ3n) is 17.1. The average molecular weight is 906 g/mol. The molecule has 0 radical (unpaired) electrons. The molecule has 1 atom stereocenters. The van der Waals surface area contributed by atoms with Gasteiger partial charge in [0.1, 0.15) is 22.3 Å². The summed E-state index contributed by atoms with van der Waals surface area (Å²) in [6.07, 6.45) is 5.62. The average Bonchev–Trinajstić information content (AvgIpc) is 4.11. The quantitative estimate of drug-likeness (QED) is 0.167. The molecule has 0 N–H and O–H groups in total. The van der Waals surface area contributed by atoms with Crippen molar-refractivity contribution < 1.29 is 8.83 Å². The Morgan fingerprint density at radius 1 is 0.457 bits per heavy atom. The van der Waals surface area contributed by atoms with Gasteiger partial charge in [0.15, 0.2) is 0 Å². The minimum Gasteiger partial charge on any atom is -0.455 e. The summed E-state index contributed by atoms with van der Waals surface area (Å²) >= 11 is 0. The normalized spacial score (nSPS) is 15.8. The summed E-state index contributed by atoms with van der Waals surface area (Å²) in [4.78, 5) is 4.35. The Kier molecular flexibility index (Phi) is 8.47. The lowest BCUT2D eigenvalue weighted by atomic mass is 9.72. The highest BCUT2D eigenvalue weighted by molar-refractivity contribution is 6.21.